The van der Waals surface area contributed by atoms with Crippen molar-refractivity contribution in [2.24, 2.45) is 0 Å². The van der Waals surface area contributed by atoms with E-state index in [1.807, 2.05) is 38.1 Å². The number of carbonyl (C=O) groups is 3. The number of ether oxygens (including phenoxy) is 1. The lowest BCUT2D eigenvalue weighted by Gasteiger charge is -2.36. The van der Waals surface area contributed by atoms with Gasteiger partial charge >= 0.3 is 6.03 Å². The molecule has 0 bridgehead atoms. The number of rotatable bonds is 8. The van der Waals surface area contributed by atoms with E-state index >= 15 is 0 Å². The van der Waals surface area contributed by atoms with Crippen LogP contribution in [0.2, 0.25) is 0 Å². The Hall–Kier alpha value is -4.60. The lowest BCUT2D eigenvalue weighted by Crippen LogP contribution is -2.50. The number of hydrogen-bond donors (Lipinski definition) is 2. The third kappa shape index (κ3) is 7.07. The van der Waals surface area contributed by atoms with E-state index in [9.17, 15) is 18.8 Å². The van der Waals surface area contributed by atoms with E-state index in [1.165, 1.54) is 24.1 Å². The highest BCUT2D eigenvalue weighted by Crippen LogP contribution is 2.21. The van der Waals surface area contributed by atoms with E-state index in [4.69, 9.17) is 4.74 Å². The smallest absolute Gasteiger partial charge is 0.322 e. The van der Waals surface area contributed by atoms with Crippen LogP contribution in [0.15, 0.2) is 72.8 Å². The summed E-state index contributed by atoms with van der Waals surface area (Å²) >= 11 is 0. The van der Waals surface area contributed by atoms with Crippen LogP contribution in [0.5, 0.6) is 5.75 Å². The Bertz CT molecular complexity index is 1340. The molecule has 1 saturated heterocycles. The van der Waals surface area contributed by atoms with Gasteiger partial charge < -0.3 is 30.1 Å². The van der Waals surface area contributed by atoms with Gasteiger partial charge in [0.05, 0.1) is 12.8 Å². The zero-order valence-corrected chi connectivity index (χ0v) is 22.9. The number of carbonyl (C=O) groups excluding carboxylic acids is 3. The van der Waals surface area contributed by atoms with Crippen molar-refractivity contribution in [3.63, 3.8) is 0 Å². The molecule has 10 heteroatoms. The number of hydrogen-bond acceptors (Lipinski definition) is 5. The molecule has 9 nitrogen and oxygen atoms in total. The first kappa shape index (κ1) is 28.4. The summed E-state index contributed by atoms with van der Waals surface area (Å²) in [7, 11) is 1.54. The fourth-order valence-corrected chi connectivity index (χ4v) is 4.45. The summed E-state index contributed by atoms with van der Waals surface area (Å²) in [6.45, 7) is 5.85. The van der Waals surface area contributed by atoms with Crippen LogP contribution in [-0.2, 0) is 4.79 Å². The molecule has 1 aliphatic heterocycles. The number of anilines is 3. The second-order valence-electron chi connectivity index (χ2n) is 9.74. The van der Waals surface area contributed by atoms with Gasteiger partial charge in [0.2, 0.25) is 5.91 Å². The number of halogens is 1. The van der Waals surface area contributed by atoms with Gasteiger partial charge in [0.25, 0.3) is 5.91 Å². The summed E-state index contributed by atoms with van der Waals surface area (Å²) in [6, 6.07) is 19.9. The molecular formula is C30H34FN5O4. The van der Waals surface area contributed by atoms with E-state index in [0.717, 1.165) is 5.69 Å². The Balaban J connectivity index is 1.29. The number of nitrogens with zero attached hydrogens (tertiary/aromatic N) is 3. The minimum atomic E-state index is -0.470. The molecule has 1 heterocycles. The van der Waals surface area contributed by atoms with Crippen LogP contribution in [0, 0.1) is 5.82 Å². The zero-order valence-electron chi connectivity index (χ0n) is 22.9. The molecule has 0 saturated carbocycles. The first-order chi connectivity index (χ1) is 19.2. The van der Waals surface area contributed by atoms with Gasteiger partial charge in [0.15, 0.2) is 0 Å². The lowest BCUT2D eigenvalue weighted by atomic mass is 10.1. The maximum Gasteiger partial charge on any atom is 0.322 e. The molecule has 40 heavy (non-hydrogen) atoms. The van der Waals surface area contributed by atoms with Gasteiger partial charge in [0, 0.05) is 49.2 Å². The first-order valence-corrected chi connectivity index (χ1v) is 13.2. The Morgan fingerprint density at radius 1 is 0.925 bits per heavy atom. The standard InChI is InChI=1S/C30H34FN5O4/c1-21(2)36(29(38)22-7-6-8-25(19-22)40-3)20-28(37)32-23-11-13-24(14-12-23)34-15-17-35(18-16-34)30(39)33-27-10-5-4-9-26(27)31/h4-14,19,21H,15-18,20H2,1-3H3,(H,32,37)(H,33,39). The van der Waals surface area contributed by atoms with Crippen LogP contribution in [0.3, 0.4) is 0 Å². The Morgan fingerprint density at radius 2 is 1.62 bits per heavy atom. The minimum Gasteiger partial charge on any atom is -0.497 e. The van der Waals surface area contributed by atoms with Crippen LogP contribution in [0.4, 0.5) is 26.2 Å². The number of piperazine rings is 1. The van der Waals surface area contributed by atoms with Gasteiger partial charge in [-0.2, -0.15) is 0 Å². The van der Waals surface area contributed by atoms with Crippen molar-refractivity contribution in [3.8, 4) is 5.75 Å². The van der Waals surface area contributed by atoms with Gasteiger partial charge in [-0.25, -0.2) is 9.18 Å². The van der Waals surface area contributed by atoms with Crippen LogP contribution >= 0.6 is 0 Å². The van der Waals surface area contributed by atoms with E-state index in [-0.39, 0.29) is 36.1 Å². The largest absolute Gasteiger partial charge is 0.497 e. The molecule has 1 fully saturated rings. The average Bonchev–Trinajstić information content (AvgIpc) is 2.97. The highest BCUT2D eigenvalue weighted by molar-refractivity contribution is 5.99. The lowest BCUT2D eigenvalue weighted by molar-refractivity contribution is -0.117. The fraction of sp³-hybridized carbons (Fsp3) is 0.300. The van der Waals surface area contributed by atoms with E-state index < -0.39 is 5.82 Å². The summed E-state index contributed by atoms with van der Waals surface area (Å²) in [5, 5.41) is 5.49. The molecule has 0 spiro atoms. The number of nitrogens with one attached hydrogen (secondary N) is 2. The Kier molecular flexibility index (Phi) is 9.21. The monoisotopic (exact) mass is 547 g/mol. The minimum absolute atomic E-state index is 0.0909. The van der Waals surface area contributed by atoms with E-state index in [0.29, 0.717) is 43.2 Å². The molecule has 0 aromatic heterocycles. The van der Waals surface area contributed by atoms with E-state index in [2.05, 4.69) is 15.5 Å². The molecule has 0 atom stereocenters. The van der Waals surface area contributed by atoms with Crippen molar-refractivity contribution in [2.75, 3.05) is 55.4 Å². The average molecular weight is 548 g/mol. The third-order valence-electron chi connectivity index (χ3n) is 6.71. The summed E-state index contributed by atoms with van der Waals surface area (Å²) in [5.74, 6) is -0.443. The zero-order chi connectivity index (χ0) is 28.6. The molecule has 4 rings (SSSR count). The first-order valence-electron chi connectivity index (χ1n) is 13.2. The summed E-state index contributed by atoms with van der Waals surface area (Å²) in [5.41, 5.74) is 2.20. The summed E-state index contributed by atoms with van der Waals surface area (Å²) < 4.78 is 19.1. The molecule has 2 N–H and O–H groups in total. The maximum atomic E-state index is 13.9. The predicted octanol–water partition coefficient (Wildman–Crippen LogP) is 4.68. The number of para-hydroxylation sites is 1. The predicted molar refractivity (Wildman–Crippen MR) is 153 cm³/mol. The number of urea groups is 1. The number of amides is 4. The molecule has 0 unspecified atom stereocenters. The van der Waals surface area contributed by atoms with Crippen molar-refractivity contribution in [2.45, 2.75) is 19.9 Å². The molecular weight excluding hydrogens is 513 g/mol. The molecule has 0 radical (unpaired) electrons. The van der Waals surface area contributed by atoms with Crippen LogP contribution in [0.25, 0.3) is 0 Å². The highest BCUT2D eigenvalue weighted by Gasteiger charge is 2.24. The Morgan fingerprint density at radius 3 is 2.27 bits per heavy atom. The Labute approximate surface area is 233 Å². The van der Waals surface area contributed by atoms with Crippen molar-refractivity contribution < 1.29 is 23.5 Å². The fourth-order valence-electron chi connectivity index (χ4n) is 4.45. The SMILES string of the molecule is COc1cccc(C(=O)N(CC(=O)Nc2ccc(N3CCN(C(=O)Nc4ccccc4F)CC3)cc2)C(C)C)c1. The highest BCUT2D eigenvalue weighted by atomic mass is 19.1. The normalized spacial score (nSPS) is 13.1. The molecule has 3 aromatic carbocycles. The maximum absolute atomic E-state index is 13.9. The molecule has 4 amide bonds. The number of benzene rings is 3. The van der Waals surface area contributed by atoms with Crippen LogP contribution < -0.4 is 20.3 Å². The van der Waals surface area contributed by atoms with Crippen molar-refractivity contribution >= 4 is 34.9 Å². The van der Waals surface area contributed by atoms with Crippen LogP contribution in [-0.4, -0.2) is 73.5 Å². The molecule has 0 aliphatic carbocycles. The van der Waals surface area contributed by atoms with Crippen molar-refractivity contribution in [3.05, 3.63) is 84.2 Å². The van der Waals surface area contributed by atoms with Gasteiger partial charge in [-0.3, -0.25) is 9.59 Å². The van der Waals surface area contributed by atoms with Crippen LogP contribution in [0.1, 0.15) is 24.2 Å². The quantitative estimate of drug-likeness (QED) is 0.427. The van der Waals surface area contributed by atoms with Gasteiger partial charge in [-0.1, -0.05) is 18.2 Å². The molecule has 3 aromatic rings. The molecule has 210 valence electrons. The summed E-state index contributed by atoms with van der Waals surface area (Å²) in [4.78, 5) is 43.7. The van der Waals surface area contributed by atoms with Crippen molar-refractivity contribution in [1.29, 1.82) is 0 Å². The van der Waals surface area contributed by atoms with Gasteiger partial charge in [-0.15, -0.1) is 0 Å². The van der Waals surface area contributed by atoms with Crippen molar-refractivity contribution in [1.82, 2.24) is 9.80 Å². The van der Waals surface area contributed by atoms with E-state index in [1.54, 1.807) is 41.3 Å². The number of methoxy groups -OCH3 is 1. The second kappa shape index (κ2) is 13.0. The van der Waals surface area contributed by atoms with Gasteiger partial charge in [0.1, 0.15) is 18.1 Å². The molecule has 1 aliphatic rings. The summed E-state index contributed by atoms with van der Waals surface area (Å²) in [6.07, 6.45) is 0. The second-order valence-corrected chi connectivity index (χ2v) is 9.74. The topological polar surface area (TPSA) is 94.2 Å². The third-order valence-corrected chi connectivity index (χ3v) is 6.71. The van der Waals surface area contributed by atoms with Gasteiger partial charge in [-0.05, 0) is 68.4 Å².